The summed E-state index contributed by atoms with van der Waals surface area (Å²) >= 11 is 0. The van der Waals surface area contributed by atoms with Crippen LogP contribution in [0.4, 0.5) is 0 Å². The first-order chi connectivity index (χ1) is 47.7. The molecule has 2 aromatic rings. The highest BCUT2D eigenvalue weighted by Crippen LogP contribution is 2.25. The molecule has 3 aliphatic rings. The number of aliphatic hydroxyl groups is 1. The van der Waals surface area contributed by atoms with Gasteiger partial charge in [0.25, 0.3) is 0 Å². The number of likely N-dealkylation sites (N-methyl/N-ethyl adjacent to an activating group) is 4. The summed E-state index contributed by atoms with van der Waals surface area (Å²) in [5.74, 6) is -9.74. The molecule has 3 saturated heterocycles. The molecule has 0 aliphatic carbocycles. The summed E-state index contributed by atoms with van der Waals surface area (Å²) in [6.45, 7) is 17.7. The van der Waals surface area contributed by atoms with E-state index >= 15 is 14.4 Å². The Morgan fingerprint density at radius 2 is 1.00 bits per heavy atom. The number of nitrogens with zero attached hydrogens (tertiary/aromatic N) is 7. The molecule has 12 atom stereocenters. The van der Waals surface area contributed by atoms with Crippen molar-refractivity contribution in [2.24, 2.45) is 23.7 Å². The van der Waals surface area contributed by atoms with Crippen molar-refractivity contribution in [3.05, 3.63) is 71.8 Å². The number of carbonyl (C=O) groups excluding carboxylic acids is 13. The van der Waals surface area contributed by atoms with Crippen LogP contribution in [0.5, 0.6) is 0 Å². The number of hydrogen-bond donors (Lipinski definition) is 7. The molecular formula is C74H115N13O14. The average molecular weight is 1410 g/mol. The Balaban J connectivity index is 1.57. The molecule has 0 unspecified atom stereocenters. The largest absolute Gasteiger partial charge is 0.391 e. The lowest BCUT2D eigenvalue weighted by molar-refractivity contribution is -0.150. The molecule has 7 N–H and O–H groups in total. The standard InChI is InChI=1S/C74H115N13O14/c1-16-48(8)63-73(100)85(15)58(41-51-28-20-17-21-29-51)68(95)75-44-62(91)83(13)57(40-47(6)7)69(96)77-53(38-45(2)3)66(93)78-55(71(98)86-35-24-19-25-36-86)43-61(90)81(11)34-27-33-60(89)82(12)49(9)65(92)76-54(39-46(4)5)67(94)80-64(50(10)88)74(101)87-37-26-32-56(87)72(99)84(14)59(70(97)79-63)42-52-30-22-18-23-31-52/h17-18,20-23,28-31,45-50,53-59,63-64,88H,16,19,24-27,32-44H2,1-15H3,(H,75,95)(H,76,92)(H,77,96)(H,78,93)(H,79,97)(H,80,94)/t48-,49-,50+,53-,54-,55-,56-,57-,58-,59-,63-,64-/m0/s1. The summed E-state index contributed by atoms with van der Waals surface area (Å²) in [6, 6.07) is 4.96. The molecule has 560 valence electrons. The van der Waals surface area contributed by atoms with E-state index in [0.29, 0.717) is 49.9 Å². The Bertz CT molecular complexity index is 3160. The van der Waals surface area contributed by atoms with Gasteiger partial charge in [-0.1, -0.05) is 122 Å². The fourth-order valence-corrected chi connectivity index (χ4v) is 13.0. The summed E-state index contributed by atoms with van der Waals surface area (Å²) in [5.41, 5.74) is 1.32. The maximum Gasteiger partial charge on any atom is 0.248 e. The summed E-state index contributed by atoms with van der Waals surface area (Å²) in [5, 5.41) is 28.0. The molecule has 3 fully saturated rings. The molecule has 0 bridgehead atoms. The van der Waals surface area contributed by atoms with Gasteiger partial charge < -0.3 is 71.3 Å². The Morgan fingerprint density at radius 3 is 1.53 bits per heavy atom. The minimum absolute atomic E-state index is 0.0361. The highest BCUT2D eigenvalue weighted by Gasteiger charge is 2.45. The number of carbonyl (C=O) groups is 13. The smallest absolute Gasteiger partial charge is 0.248 e. The van der Waals surface area contributed by atoms with E-state index in [1.54, 1.807) is 72.5 Å². The molecule has 0 saturated carbocycles. The molecule has 27 heteroatoms. The normalized spacial score (nSPS) is 26.1. The third-order valence-corrected chi connectivity index (χ3v) is 19.7. The topological polar surface area (TPSA) is 337 Å². The molecular weight excluding hydrogens is 1290 g/mol. The highest BCUT2D eigenvalue weighted by molar-refractivity contribution is 6.00. The van der Waals surface area contributed by atoms with Crippen LogP contribution in [0.25, 0.3) is 0 Å². The van der Waals surface area contributed by atoms with E-state index in [1.807, 2.05) is 48.5 Å². The predicted octanol–water partition coefficient (Wildman–Crippen LogP) is 2.55. The van der Waals surface area contributed by atoms with Crippen molar-refractivity contribution >= 4 is 76.8 Å². The second kappa shape index (κ2) is 39.6. The Kier molecular flexibility index (Phi) is 32.6. The lowest BCUT2D eigenvalue weighted by Crippen LogP contribution is -2.62. The molecule has 3 aliphatic heterocycles. The van der Waals surface area contributed by atoms with Crippen molar-refractivity contribution in [1.82, 2.24) is 66.2 Å². The van der Waals surface area contributed by atoms with E-state index in [9.17, 15) is 53.1 Å². The number of rotatable bonds is 14. The number of hydrogen-bond acceptors (Lipinski definition) is 14. The third-order valence-electron chi connectivity index (χ3n) is 19.7. The quantitative estimate of drug-likeness (QED) is 0.143. The minimum Gasteiger partial charge on any atom is -0.391 e. The Hall–Kier alpha value is -8.49. The van der Waals surface area contributed by atoms with Crippen LogP contribution in [-0.4, -0.2) is 251 Å². The first-order valence-electron chi connectivity index (χ1n) is 36.1. The third kappa shape index (κ3) is 24.1. The van der Waals surface area contributed by atoms with Crippen LogP contribution in [0, 0.1) is 23.7 Å². The van der Waals surface area contributed by atoms with Crippen molar-refractivity contribution in [2.45, 2.75) is 226 Å². The lowest BCUT2D eigenvalue weighted by atomic mass is 9.95. The van der Waals surface area contributed by atoms with Gasteiger partial charge >= 0.3 is 0 Å². The predicted molar refractivity (Wildman–Crippen MR) is 381 cm³/mol. The summed E-state index contributed by atoms with van der Waals surface area (Å²) in [7, 11) is 7.19. The number of amides is 13. The fourth-order valence-electron chi connectivity index (χ4n) is 13.0. The average Bonchev–Trinajstić information content (AvgIpc) is 1.78. The van der Waals surface area contributed by atoms with Crippen LogP contribution in [0.2, 0.25) is 0 Å². The number of benzene rings is 2. The van der Waals surface area contributed by atoms with Crippen LogP contribution < -0.4 is 31.9 Å². The van der Waals surface area contributed by atoms with E-state index < -0.39 is 162 Å². The Labute approximate surface area is 597 Å². The van der Waals surface area contributed by atoms with Crippen LogP contribution in [0.15, 0.2) is 60.7 Å². The van der Waals surface area contributed by atoms with Gasteiger partial charge in [-0.25, -0.2) is 0 Å². The summed E-state index contributed by atoms with van der Waals surface area (Å²) in [6.07, 6.45) is 1.44. The van der Waals surface area contributed by atoms with Gasteiger partial charge in [-0.15, -0.1) is 0 Å². The summed E-state index contributed by atoms with van der Waals surface area (Å²) < 4.78 is 0. The van der Waals surface area contributed by atoms with Crippen LogP contribution >= 0.6 is 0 Å². The molecule has 13 amide bonds. The molecule has 0 aromatic heterocycles. The van der Waals surface area contributed by atoms with Gasteiger partial charge in [0.2, 0.25) is 76.8 Å². The second-order valence-corrected chi connectivity index (χ2v) is 29.1. The van der Waals surface area contributed by atoms with Gasteiger partial charge in [0.15, 0.2) is 0 Å². The first-order valence-corrected chi connectivity index (χ1v) is 36.1. The van der Waals surface area contributed by atoms with E-state index in [-0.39, 0.29) is 82.2 Å². The van der Waals surface area contributed by atoms with Gasteiger partial charge in [0.05, 0.1) is 19.1 Å². The molecule has 5 rings (SSSR count). The van der Waals surface area contributed by atoms with Gasteiger partial charge in [-0.2, -0.15) is 0 Å². The van der Waals surface area contributed by atoms with Gasteiger partial charge in [0, 0.05) is 80.7 Å². The van der Waals surface area contributed by atoms with Gasteiger partial charge in [0.1, 0.15) is 60.4 Å². The van der Waals surface area contributed by atoms with Crippen LogP contribution in [0.1, 0.15) is 157 Å². The molecule has 0 spiro atoms. The van der Waals surface area contributed by atoms with Gasteiger partial charge in [-0.3, -0.25) is 62.3 Å². The fraction of sp³-hybridized carbons (Fsp3) is 0.662. The molecule has 0 radical (unpaired) electrons. The molecule has 101 heavy (non-hydrogen) atoms. The van der Waals surface area contributed by atoms with E-state index in [0.717, 1.165) is 6.42 Å². The minimum atomic E-state index is -1.61. The number of fused-ring (bicyclic) bond motifs is 1. The highest BCUT2D eigenvalue weighted by atomic mass is 16.3. The number of likely N-dealkylation sites (tertiary alicyclic amines) is 1. The van der Waals surface area contributed by atoms with Crippen molar-refractivity contribution < 1.29 is 67.4 Å². The van der Waals surface area contributed by atoms with Crippen molar-refractivity contribution in [3.8, 4) is 0 Å². The van der Waals surface area contributed by atoms with E-state index in [2.05, 4.69) is 31.9 Å². The van der Waals surface area contributed by atoms with Gasteiger partial charge in [-0.05, 0) is 106 Å². The zero-order chi connectivity index (χ0) is 75.1. The zero-order valence-electron chi connectivity index (χ0n) is 62.3. The summed E-state index contributed by atoms with van der Waals surface area (Å²) in [4.78, 5) is 199. The molecule has 3 heterocycles. The number of aliphatic hydroxyl groups excluding tert-OH is 1. The number of piperidine rings is 1. The molecule has 2 aromatic carbocycles. The maximum atomic E-state index is 15.3. The number of nitrogens with one attached hydrogen (secondary N) is 6. The lowest BCUT2D eigenvalue weighted by Gasteiger charge is -2.37. The zero-order valence-corrected chi connectivity index (χ0v) is 62.3. The van der Waals surface area contributed by atoms with Crippen molar-refractivity contribution in [3.63, 3.8) is 0 Å². The Morgan fingerprint density at radius 1 is 0.495 bits per heavy atom. The van der Waals surface area contributed by atoms with Crippen LogP contribution in [-0.2, 0) is 75.2 Å². The monoisotopic (exact) mass is 1410 g/mol. The van der Waals surface area contributed by atoms with E-state index in [1.165, 1.54) is 78.5 Å². The first kappa shape index (κ1) is 83.2. The second-order valence-electron chi connectivity index (χ2n) is 29.1. The molecule has 27 nitrogen and oxygen atoms in total. The van der Waals surface area contributed by atoms with Crippen molar-refractivity contribution in [2.75, 3.05) is 68.0 Å². The van der Waals surface area contributed by atoms with Crippen LogP contribution in [0.3, 0.4) is 0 Å². The van der Waals surface area contributed by atoms with Crippen molar-refractivity contribution in [1.29, 1.82) is 0 Å². The SMILES string of the molecule is CC[C@H](C)[C@@H]1NC(=O)[C@H](Cc2ccccc2)N(C)C(=O)[C@@H]2CCCN2C(=O)[C@H]([C@@H](C)O)NC(=O)[C@H](CC(C)C)NC(=O)[C@H](C)N(C)C(=O)CCCN(C)C(=O)C[C@@H](C(=O)N2CCCCC2)NC(=O)[C@H](CC(C)C)NC(=O)[C@H](CC(C)C)N(C)C(=O)CNC(=O)[C@H](Cc2ccccc2)N(C)C1=O. The van der Waals surface area contributed by atoms with E-state index in [4.69, 9.17) is 0 Å². The maximum absolute atomic E-state index is 15.3.